The minimum absolute atomic E-state index is 0.0956. The maximum absolute atomic E-state index is 12.2. The first kappa shape index (κ1) is 20.6. The van der Waals surface area contributed by atoms with Crippen LogP contribution in [0.15, 0.2) is 59.9 Å². The minimum atomic E-state index is -4.18. The first-order chi connectivity index (χ1) is 13.8. The number of para-hydroxylation sites is 1. The predicted molar refractivity (Wildman–Crippen MR) is 107 cm³/mol. The van der Waals surface area contributed by atoms with Crippen molar-refractivity contribution in [2.75, 3.05) is 6.61 Å². The molecule has 0 bridgehead atoms. The summed E-state index contributed by atoms with van der Waals surface area (Å²) < 4.78 is 38.4. The van der Waals surface area contributed by atoms with Crippen molar-refractivity contribution in [2.45, 2.75) is 32.9 Å². The van der Waals surface area contributed by atoms with Gasteiger partial charge in [0.05, 0.1) is 11.9 Å². The molecule has 0 aliphatic heterocycles. The summed E-state index contributed by atoms with van der Waals surface area (Å²) in [5.74, 6) is 0. The topological polar surface area (TPSA) is 39.4 Å². The maximum atomic E-state index is 12.2. The second-order valence-corrected chi connectivity index (χ2v) is 6.82. The highest BCUT2D eigenvalue weighted by atomic mass is 19.4. The molecule has 0 aliphatic carbocycles. The molecule has 0 unspecified atom stereocenters. The molecule has 152 valence electrons. The van der Waals surface area contributed by atoms with Crippen LogP contribution >= 0.6 is 0 Å². The number of hydrogen-bond acceptors (Lipinski definition) is 3. The fourth-order valence-corrected chi connectivity index (χ4v) is 2.88. The van der Waals surface area contributed by atoms with Gasteiger partial charge in [-0.15, -0.1) is 0 Å². The smallest absolute Gasteiger partial charge is 0.389 e. The van der Waals surface area contributed by atoms with Crippen molar-refractivity contribution < 1.29 is 18.0 Å². The number of nitrogens with zero attached hydrogens (tertiary/aromatic N) is 3. The van der Waals surface area contributed by atoms with Gasteiger partial charge < -0.3 is 4.84 Å². The molecule has 4 nitrogen and oxygen atoms in total. The molecule has 1 aromatic heterocycles. The van der Waals surface area contributed by atoms with Crippen LogP contribution in [-0.4, -0.2) is 28.8 Å². The highest BCUT2D eigenvalue weighted by molar-refractivity contribution is 5.89. The molecule has 0 radical (unpaired) electrons. The van der Waals surface area contributed by atoms with Crippen molar-refractivity contribution in [3.8, 4) is 16.9 Å². The Balaban J connectivity index is 1.85. The summed E-state index contributed by atoms with van der Waals surface area (Å²) in [6.45, 7) is 3.92. The van der Waals surface area contributed by atoms with E-state index in [-0.39, 0.29) is 13.0 Å². The number of halogens is 3. The third-order valence-electron chi connectivity index (χ3n) is 4.37. The molecular weight excluding hydrogens is 379 g/mol. The van der Waals surface area contributed by atoms with Crippen molar-refractivity contribution in [1.29, 1.82) is 0 Å². The van der Waals surface area contributed by atoms with Crippen LogP contribution in [0.5, 0.6) is 0 Å². The van der Waals surface area contributed by atoms with E-state index in [1.807, 2.05) is 62.5 Å². The SMILES string of the molecule is Cc1ccc(C)c(-c2nn(-c3ccccc3)cc2C=NOCCCC(F)(F)F)c1. The molecule has 0 saturated carbocycles. The standard InChI is InChI=1S/C22H22F3N3O/c1-16-9-10-17(2)20(13-16)21-18(14-26-29-12-6-11-22(23,24)25)15-28(27-21)19-7-4-3-5-8-19/h3-5,7-10,13-15H,6,11-12H2,1-2H3. The zero-order chi connectivity index (χ0) is 20.9. The van der Waals surface area contributed by atoms with Gasteiger partial charge in [0.15, 0.2) is 0 Å². The Hall–Kier alpha value is -3.09. The van der Waals surface area contributed by atoms with Gasteiger partial charge in [0.25, 0.3) is 0 Å². The molecular formula is C22H22F3N3O. The van der Waals surface area contributed by atoms with E-state index in [0.717, 1.165) is 33.6 Å². The van der Waals surface area contributed by atoms with Crippen LogP contribution in [0.25, 0.3) is 16.9 Å². The van der Waals surface area contributed by atoms with Gasteiger partial charge in [0, 0.05) is 23.7 Å². The van der Waals surface area contributed by atoms with Crippen molar-refractivity contribution in [3.05, 3.63) is 71.4 Å². The lowest BCUT2D eigenvalue weighted by Gasteiger charge is -2.06. The van der Waals surface area contributed by atoms with Crippen molar-refractivity contribution in [3.63, 3.8) is 0 Å². The number of aromatic nitrogens is 2. The lowest BCUT2D eigenvalue weighted by Crippen LogP contribution is -2.08. The van der Waals surface area contributed by atoms with E-state index in [9.17, 15) is 13.2 Å². The number of hydrogen-bond donors (Lipinski definition) is 0. The molecule has 0 N–H and O–H groups in total. The molecule has 2 aromatic carbocycles. The minimum Gasteiger partial charge on any atom is -0.396 e. The first-order valence-corrected chi connectivity index (χ1v) is 9.28. The lowest BCUT2D eigenvalue weighted by atomic mass is 10.0. The van der Waals surface area contributed by atoms with Crippen molar-refractivity contribution in [2.24, 2.45) is 5.16 Å². The fraction of sp³-hybridized carbons (Fsp3) is 0.273. The number of alkyl halides is 3. The first-order valence-electron chi connectivity index (χ1n) is 9.28. The molecule has 0 fully saturated rings. The van der Waals surface area contributed by atoms with Gasteiger partial charge >= 0.3 is 6.18 Å². The molecule has 3 rings (SSSR count). The van der Waals surface area contributed by atoms with E-state index in [4.69, 9.17) is 9.94 Å². The zero-order valence-electron chi connectivity index (χ0n) is 16.3. The highest BCUT2D eigenvalue weighted by Crippen LogP contribution is 2.27. The van der Waals surface area contributed by atoms with Gasteiger partial charge in [-0.2, -0.15) is 18.3 Å². The second-order valence-electron chi connectivity index (χ2n) is 6.82. The van der Waals surface area contributed by atoms with E-state index in [2.05, 4.69) is 11.2 Å². The molecule has 0 saturated heterocycles. The molecule has 0 aliphatic rings. The Kier molecular flexibility index (Phi) is 6.36. The molecule has 0 amide bonds. The predicted octanol–water partition coefficient (Wildman–Crippen LogP) is 5.85. The van der Waals surface area contributed by atoms with Gasteiger partial charge in [-0.3, -0.25) is 0 Å². The molecule has 0 spiro atoms. The maximum Gasteiger partial charge on any atom is 0.389 e. The van der Waals surface area contributed by atoms with E-state index >= 15 is 0 Å². The Morgan fingerprint density at radius 2 is 1.86 bits per heavy atom. The van der Waals surface area contributed by atoms with Gasteiger partial charge in [0.1, 0.15) is 12.3 Å². The van der Waals surface area contributed by atoms with Gasteiger partial charge in [-0.05, 0) is 44.0 Å². The average molecular weight is 401 g/mol. The lowest BCUT2D eigenvalue weighted by molar-refractivity contribution is -0.137. The number of aryl methyl sites for hydroxylation is 2. The third kappa shape index (κ3) is 5.70. The summed E-state index contributed by atoms with van der Waals surface area (Å²) in [5.41, 5.74) is 5.49. The van der Waals surface area contributed by atoms with Crippen LogP contribution in [0.3, 0.4) is 0 Å². The van der Waals surface area contributed by atoms with Crippen LogP contribution in [0.2, 0.25) is 0 Å². The molecule has 3 aromatic rings. The van der Waals surface area contributed by atoms with Crippen molar-refractivity contribution in [1.82, 2.24) is 9.78 Å². The quantitative estimate of drug-likeness (QED) is 0.283. The van der Waals surface area contributed by atoms with Crippen LogP contribution in [0.4, 0.5) is 13.2 Å². The monoisotopic (exact) mass is 401 g/mol. The molecule has 1 heterocycles. The molecule has 0 atom stereocenters. The van der Waals surface area contributed by atoms with Crippen LogP contribution in [0, 0.1) is 13.8 Å². The largest absolute Gasteiger partial charge is 0.396 e. The number of benzene rings is 2. The summed E-state index contributed by atoms with van der Waals surface area (Å²) in [4.78, 5) is 5.03. The van der Waals surface area contributed by atoms with E-state index in [1.165, 1.54) is 6.21 Å². The van der Waals surface area contributed by atoms with Crippen molar-refractivity contribution >= 4 is 6.21 Å². The van der Waals surface area contributed by atoms with Crippen LogP contribution in [0.1, 0.15) is 29.5 Å². The Morgan fingerprint density at radius 1 is 1.10 bits per heavy atom. The Morgan fingerprint density at radius 3 is 2.59 bits per heavy atom. The summed E-state index contributed by atoms with van der Waals surface area (Å²) in [5, 5.41) is 8.58. The van der Waals surface area contributed by atoms with Gasteiger partial charge in [-0.25, -0.2) is 4.68 Å². The third-order valence-corrected chi connectivity index (χ3v) is 4.37. The average Bonchev–Trinajstić information content (AvgIpc) is 3.10. The van der Waals surface area contributed by atoms with E-state index in [1.54, 1.807) is 4.68 Å². The Labute approximate surface area is 167 Å². The molecule has 7 heteroatoms. The molecule has 29 heavy (non-hydrogen) atoms. The zero-order valence-corrected chi connectivity index (χ0v) is 16.3. The van der Waals surface area contributed by atoms with Gasteiger partial charge in [0.2, 0.25) is 0 Å². The van der Waals surface area contributed by atoms with Gasteiger partial charge in [-0.1, -0.05) is 41.1 Å². The van der Waals surface area contributed by atoms with Crippen LogP contribution in [-0.2, 0) is 4.84 Å². The summed E-state index contributed by atoms with van der Waals surface area (Å²) in [7, 11) is 0. The van der Waals surface area contributed by atoms with E-state index < -0.39 is 12.6 Å². The van der Waals surface area contributed by atoms with Crippen LogP contribution < -0.4 is 0 Å². The summed E-state index contributed by atoms with van der Waals surface area (Å²) in [6, 6.07) is 15.8. The second kappa shape index (κ2) is 8.94. The number of rotatable bonds is 7. The fourth-order valence-electron chi connectivity index (χ4n) is 2.88. The van der Waals surface area contributed by atoms with E-state index in [0.29, 0.717) is 0 Å². The normalized spacial score (nSPS) is 11.9. The summed E-state index contributed by atoms with van der Waals surface area (Å²) >= 11 is 0. The highest BCUT2D eigenvalue weighted by Gasteiger charge is 2.26. The Bertz CT molecular complexity index is 979. The number of oxime groups is 1. The summed E-state index contributed by atoms with van der Waals surface area (Å²) in [6.07, 6.45) is -1.87.